The van der Waals surface area contributed by atoms with Gasteiger partial charge in [-0.1, -0.05) is 18.2 Å². The Morgan fingerprint density at radius 2 is 1.81 bits per heavy atom. The molecular formula is C18H16N2O6S. The third kappa shape index (κ3) is 4.52. The van der Waals surface area contributed by atoms with E-state index in [0.29, 0.717) is 24.3 Å². The van der Waals surface area contributed by atoms with Crippen molar-refractivity contribution in [2.45, 2.75) is 4.90 Å². The number of anilines is 1. The van der Waals surface area contributed by atoms with E-state index in [9.17, 15) is 18.5 Å². The normalized spacial score (nSPS) is 11.3. The van der Waals surface area contributed by atoms with Gasteiger partial charge in [-0.25, -0.2) is 0 Å². The van der Waals surface area contributed by atoms with Gasteiger partial charge in [0.2, 0.25) is 0 Å². The van der Waals surface area contributed by atoms with Gasteiger partial charge in [-0.05, 0) is 35.7 Å². The van der Waals surface area contributed by atoms with Gasteiger partial charge in [0.25, 0.3) is 15.8 Å². The lowest BCUT2D eigenvalue weighted by molar-refractivity contribution is -0.384. The first-order valence-corrected chi connectivity index (χ1v) is 9.40. The Morgan fingerprint density at radius 3 is 2.48 bits per heavy atom. The van der Waals surface area contributed by atoms with E-state index in [-0.39, 0.29) is 10.6 Å². The van der Waals surface area contributed by atoms with E-state index < -0.39 is 15.0 Å². The molecule has 140 valence electrons. The van der Waals surface area contributed by atoms with Crippen LogP contribution in [0.4, 0.5) is 11.4 Å². The summed E-state index contributed by atoms with van der Waals surface area (Å²) in [6.07, 6.45) is 0. The molecule has 0 unspecified atom stereocenters. The predicted octanol–water partition coefficient (Wildman–Crippen LogP) is 3.49. The maximum atomic E-state index is 11.3. The lowest BCUT2D eigenvalue weighted by Crippen LogP contribution is -2.11. The summed E-state index contributed by atoms with van der Waals surface area (Å²) in [4.78, 5) is 9.99. The molecular weight excluding hydrogens is 372 g/mol. The summed E-state index contributed by atoms with van der Waals surface area (Å²) in [5.74, 6) is 0.526. The highest BCUT2D eigenvalue weighted by Gasteiger charge is 2.11. The van der Waals surface area contributed by atoms with Crippen LogP contribution in [-0.2, 0) is 10.1 Å². The summed E-state index contributed by atoms with van der Waals surface area (Å²) < 4.78 is 37.2. The number of nitro benzene ring substituents is 1. The fourth-order valence-corrected chi connectivity index (χ4v) is 3.11. The molecule has 3 aromatic rings. The zero-order valence-corrected chi connectivity index (χ0v) is 14.8. The molecule has 0 saturated heterocycles. The standard InChI is InChI=1S/C18H16N2O6S/c21-20(22)14-4-6-15(7-5-14)26-11-10-19-18-3-1-2-13-12-16(27(23,24)25)8-9-17(13)18/h1-9,12,19H,10-11H2,(H,23,24,25). The summed E-state index contributed by atoms with van der Waals surface area (Å²) in [5.41, 5.74) is 0.794. The smallest absolute Gasteiger partial charge is 0.294 e. The van der Waals surface area contributed by atoms with Gasteiger partial charge in [0.15, 0.2) is 0 Å². The molecule has 0 radical (unpaired) electrons. The Labute approximate surface area is 155 Å². The van der Waals surface area contributed by atoms with E-state index in [1.54, 1.807) is 18.2 Å². The summed E-state index contributed by atoms with van der Waals surface area (Å²) in [7, 11) is -4.25. The largest absolute Gasteiger partial charge is 0.492 e. The average molecular weight is 388 g/mol. The Kier molecular flexibility index (Phi) is 5.24. The van der Waals surface area contributed by atoms with Gasteiger partial charge in [0.05, 0.1) is 9.82 Å². The maximum absolute atomic E-state index is 11.3. The van der Waals surface area contributed by atoms with Gasteiger partial charge in [-0.15, -0.1) is 0 Å². The van der Waals surface area contributed by atoms with Crippen LogP contribution in [0.5, 0.6) is 5.75 Å². The average Bonchev–Trinajstić information content (AvgIpc) is 2.64. The lowest BCUT2D eigenvalue weighted by atomic mass is 10.1. The van der Waals surface area contributed by atoms with Gasteiger partial charge in [0.1, 0.15) is 12.4 Å². The second-order valence-electron chi connectivity index (χ2n) is 5.69. The van der Waals surface area contributed by atoms with Crippen LogP contribution < -0.4 is 10.1 Å². The van der Waals surface area contributed by atoms with E-state index in [4.69, 9.17) is 9.29 Å². The SMILES string of the molecule is O=[N+]([O-])c1ccc(OCCNc2cccc3cc(S(=O)(=O)O)ccc23)cc1. The molecule has 0 bridgehead atoms. The van der Waals surface area contributed by atoms with E-state index in [2.05, 4.69) is 5.32 Å². The van der Waals surface area contributed by atoms with Crippen LogP contribution in [0.3, 0.4) is 0 Å². The van der Waals surface area contributed by atoms with Gasteiger partial charge in [-0.2, -0.15) is 8.42 Å². The van der Waals surface area contributed by atoms with Crippen molar-refractivity contribution >= 4 is 32.3 Å². The molecule has 0 aliphatic carbocycles. The molecule has 0 spiro atoms. The first-order chi connectivity index (χ1) is 12.8. The monoisotopic (exact) mass is 388 g/mol. The second kappa shape index (κ2) is 7.60. The van der Waals surface area contributed by atoms with Gasteiger partial charge < -0.3 is 10.1 Å². The number of nitrogens with one attached hydrogen (secondary N) is 1. The highest BCUT2D eigenvalue weighted by Crippen LogP contribution is 2.26. The fraction of sp³-hybridized carbons (Fsp3) is 0.111. The third-order valence-electron chi connectivity index (χ3n) is 3.88. The number of fused-ring (bicyclic) bond motifs is 1. The highest BCUT2D eigenvalue weighted by atomic mass is 32.2. The Balaban J connectivity index is 1.64. The summed E-state index contributed by atoms with van der Waals surface area (Å²) >= 11 is 0. The Bertz CT molecular complexity index is 1080. The topological polar surface area (TPSA) is 119 Å². The zero-order valence-electron chi connectivity index (χ0n) is 14.0. The first kappa shape index (κ1) is 18.6. The van der Waals surface area contributed by atoms with Crippen molar-refractivity contribution in [1.82, 2.24) is 0 Å². The van der Waals surface area contributed by atoms with Crippen LogP contribution in [0, 0.1) is 10.1 Å². The third-order valence-corrected chi connectivity index (χ3v) is 4.73. The number of nitrogens with zero attached hydrogens (tertiary/aromatic N) is 1. The van der Waals surface area contributed by atoms with Crippen LogP contribution in [0.1, 0.15) is 0 Å². The van der Waals surface area contributed by atoms with E-state index in [0.717, 1.165) is 11.1 Å². The molecule has 0 atom stereocenters. The minimum absolute atomic E-state index is 0.000457. The molecule has 0 aliphatic heterocycles. The second-order valence-corrected chi connectivity index (χ2v) is 7.11. The van der Waals surface area contributed by atoms with Gasteiger partial charge in [0, 0.05) is 29.8 Å². The Hall–Kier alpha value is -3.17. The van der Waals surface area contributed by atoms with Crippen molar-refractivity contribution < 1.29 is 22.6 Å². The Morgan fingerprint density at radius 1 is 1.07 bits per heavy atom. The molecule has 0 fully saturated rings. The zero-order chi connectivity index (χ0) is 19.4. The van der Waals surface area contributed by atoms with Crippen molar-refractivity contribution in [3.05, 3.63) is 70.8 Å². The molecule has 0 amide bonds. The van der Waals surface area contributed by atoms with Crippen molar-refractivity contribution in [2.75, 3.05) is 18.5 Å². The van der Waals surface area contributed by atoms with Gasteiger partial charge in [-0.3, -0.25) is 14.7 Å². The molecule has 0 aliphatic rings. The van der Waals surface area contributed by atoms with Gasteiger partial charge >= 0.3 is 0 Å². The molecule has 27 heavy (non-hydrogen) atoms. The molecule has 8 nitrogen and oxygen atoms in total. The van der Waals surface area contributed by atoms with Crippen LogP contribution >= 0.6 is 0 Å². The number of benzene rings is 3. The highest BCUT2D eigenvalue weighted by molar-refractivity contribution is 7.85. The van der Waals surface area contributed by atoms with E-state index in [1.807, 2.05) is 6.07 Å². The van der Waals surface area contributed by atoms with Crippen LogP contribution in [0.2, 0.25) is 0 Å². The minimum Gasteiger partial charge on any atom is -0.492 e. The molecule has 0 saturated carbocycles. The summed E-state index contributed by atoms with van der Waals surface area (Å²) in [6, 6.07) is 15.6. The number of hydrogen-bond donors (Lipinski definition) is 2. The molecule has 3 rings (SSSR count). The van der Waals surface area contributed by atoms with Crippen molar-refractivity contribution in [3.8, 4) is 5.75 Å². The molecule has 0 heterocycles. The number of ether oxygens (including phenoxy) is 1. The van der Waals surface area contributed by atoms with Crippen molar-refractivity contribution in [1.29, 1.82) is 0 Å². The number of nitro groups is 1. The van der Waals surface area contributed by atoms with E-state index >= 15 is 0 Å². The van der Waals surface area contributed by atoms with Crippen molar-refractivity contribution in [3.63, 3.8) is 0 Å². The number of rotatable bonds is 7. The number of non-ortho nitro benzene ring substituents is 1. The molecule has 0 aromatic heterocycles. The maximum Gasteiger partial charge on any atom is 0.294 e. The van der Waals surface area contributed by atoms with Crippen LogP contribution in [-0.4, -0.2) is 31.0 Å². The molecule has 9 heteroatoms. The lowest BCUT2D eigenvalue weighted by Gasteiger charge is -2.11. The first-order valence-electron chi connectivity index (χ1n) is 7.96. The van der Waals surface area contributed by atoms with Crippen LogP contribution in [0.15, 0.2) is 65.6 Å². The number of hydrogen-bond acceptors (Lipinski definition) is 6. The molecule has 2 N–H and O–H groups in total. The predicted molar refractivity (Wildman–Crippen MR) is 101 cm³/mol. The quantitative estimate of drug-likeness (QED) is 0.275. The summed E-state index contributed by atoms with van der Waals surface area (Å²) in [6.45, 7) is 0.799. The fourth-order valence-electron chi connectivity index (χ4n) is 2.60. The van der Waals surface area contributed by atoms with Crippen LogP contribution in [0.25, 0.3) is 10.8 Å². The van der Waals surface area contributed by atoms with Crippen molar-refractivity contribution in [2.24, 2.45) is 0 Å². The summed E-state index contributed by atoms with van der Waals surface area (Å²) in [5, 5.41) is 15.3. The van der Waals surface area contributed by atoms with E-state index in [1.165, 1.54) is 36.4 Å². The minimum atomic E-state index is -4.25. The molecule has 3 aromatic carbocycles.